The quantitative estimate of drug-likeness (QED) is 0.702. The molecule has 0 radical (unpaired) electrons. The maximum Gasteiger partial charge on any atom is 0.305 e. The zero-order chi connectivity index (χ0) is 16.1. The van der Waals surface area contributed by atoms with E-state index < -0.39 is 18.1 Å². The minimum atomic E-state index is -0.934. The molecule has 122 valence electrons. The van der Waals surface area contributed by atoms with E-state index in [-0.39, 0.29) is 6.42 Å². The second-order valence-corrected chi connectivity index (χ2v) is 6.10. The summed E-state index contributed by atoms with van der Waals surface area (Å²) in [6, 6.07) is 5.31. The molecule has 2 rings (SSSR count). The molecule has 5 nitrogen and oxygen atoms in total. The molecule has 0 aliphatic heterocycles. The number of aliphatic carboxylic acids is 1. The first kappa shape index (κ1) is 16.8. The van der Waals surface area contributed by atoms with Gasteiger partial charge in [-0.2, -0.15) is 0 Å². The Labute approximate surface area is 131 Å². The van der Waals surface area contributed by atoms with Gasteiger partial charge in [0.2, 0.25) is 0 Å². The number of nitrogen functional groups attached to an aromatic ring is 1. The van der Waals surface area contributed by atoms with Gasteiger partial charge in [-0.15, -0.1) is 0 Å². The minimum absolute atomic E-state index is 0.147. The van der Waals surface area contributed by atoms with E-state index >= 15 is 0 Å². The Hall–Kier alpha value is -1.59. The van der Waals surface area contributed by atoms with Crippen molar-refractivity contribution in [3.63, 3.8) is 0 Å². The molecule has 0 aromatic heterocycles. The van der Waals surface area contributed by atoms with Crippen LogP contribution in [0.2, 0.25) is 0 Å². The van der Waals surface area contributed by atoms with Crippen molar-refractivity contribution in [2.24, 2.45) is 5.73 Å². The van der Waals surface area contributed by atoms with Crippen LogP contribution in [0, 0.1) is 0 Å². The number of hydrogen-bond donors (Lipinski definition) is 3. The van der Waals surface area contributed by atoms with Crippen molar-refractivity contribution in [3.05, 3.63) is 29.3 Å². The molecule has 0 amide bonds. The predicted molar refractivity (Wildman–Crippen MR) is 86.7 cm³/mol. The van der Waals surface area contributed by atoms with Crippen LogP contribution in [0.5, 0.6) is 0 Å². The van der Waals surface area contributed by atoms with Crippen molar-refractivity contribution < 1.29 is 14.6 Å². The number of benzene rings is 1. The van der Waals surface area contributed by atoms with Gasteiger partial charge in [0.05, 0.1) is 12.5 Å². The lowest BCUT2D eigenvalue weighted by Crippen LogP contribution is -2.32. The fourth-order valence-corrected chi connectivity index (χ4v) is 3.46. The van der Waals surface area contributed by atoms with Gasteiger partial charge in [-0.25, -0.2) is 0 Å². The average molecular weight is 306 g/mol. The second kappa shape index (κ2) is 7.61. The van der Waals surface area contributed by atoms with E-state index in [1.807, 2.05) is 12.1 Å². The van der Waals surface area contributed by atoms with Gasteiger partial charge in [-0.1, -0.05) is 37.5 Å². The van der Waals surface area contributed by atoms with Crippen LogP contribution in [0.1, 0.15) is 61.7 Å². The van der Waals surface area contributed by atoms with Crippen molar-refractivity contribution in [1.82, 2.24) is 0 Å². The maximum absolute atomic E-state index is 10.9. The number of ether oxygens (including phenoxy) is 1. The van der Waals surface area contributed by atoms with Crippen LogP contribution in [0.3, 0.4) is 0 Å². The normalized spacial score (nSPS) is 18.8. The Balaban J connectivity index is 2.27. The van der Waals surface area contributed by atoms with Crippen molar-refractivity contribution in [2.75, 3.05) is 12.8 Å². The fraction of sp³-hybridized carbons (Fsp3) is 0.588. The smallest absolute Gasteiger partial charge is 0.305 e. The summed E-state index contributed by atoms with van der Waals surface area (Å²) in [4.78, 5) is 10.9. The number of carboxylic acid groups (broad SMARTS) is 1. The lowest BCUT2D eigenvalue weighted by Gasteiger charge is -2.28. The number of nitrogens with two attached hydrogens (primary N) is 2. The largest absolute Gasteiger partial charge is 0.481 e. The average Bonchev–Trinajstić information content (AvgIpc) is 2.50. The van der Waals surface area contributed by atoms with E-state index in [0.29, 0.717) is 11.6 Å². The molecule has 1 aliphatic rings. The first-order chi connectivity index (χ1) is 10.5. The fourth-order valence-electron chi connectivity index (χ4n) is 3.46. The van der Waals surface area contributed by atoms with Crippen LogP contribution in [0.4, 0.5) is 5.69 Å². The van der Waals surface area contributed by atoms with Crippen LogP contribution in [0.25, 0.3) is 0 Å². The topological polar surface area (TPSA) is 98.6 Å². The van der Waals surface area contributed by atoms with Gasteiger partial charge >= 0.3 is 5.97 Å². The molecule has 2 unspecified atom stereocenters. The molecular weight excluding hydrogens is 280 g/mol. The number of carboxylic acids is 1. The zero-order valence-corrected chi connectivity index (χ0v) is 13.1. The van der Waals surface area contributed by atoms with Gasteiger partial charge < -0.3 is 21.3 Å². The summed E-state index contributed by atoms with van der Waals surface area (Å²) in [6.07, 6.45) is 5.44. The summed E-state index contributed by atoms with van der Waals surface area (Å²) in [7, 11) is 1.54. The molecule has 1 fully saturated rings. The van der Waals surface area contributed by atoms with Crippen LogP contribution >= 0.6 is 0 Å². The number of hydrogen-bond acceptors (Lipinski definition) is 4. The van der Waals surface area contributed by atoms with Crippen LogP contribution in [-0.2, 0) is 9.53 Å². The summed E-state index contributed by atoms with van der Waals surface area (Å²) >= 11 is 0. The van der Waals surface area contributed by atoms with Gasteiger partial charge in [0.15, 0.2) is 0 Å². The molecule has 5 N–H and O–H groups in total. The highest BCUT2D eigenvalue weighted by atomic mass is 16.5. The van der Waals surface area contributed by atoms with Crippen LogP contribution in [-0.4, -0.2) is 24.2 Å². The number of para-hydroxylation sites is 1. The minimum Gasteiger partial charge on any atom is -0.481 e. The number of rotatable bonds is 6. The van der Waals surface area contributed by atoms with Crippen LogP contribution in [0.15, 0.2) is 18.2 Å². The Bertz CT molecular complexity index is 513. The third-order valence-electron chi connectivity index (χ3n) is 4.58. The highest BCUT2D eigenvalue weighted by Gasteiger charge is 2.26. The molecule has 1 aromatic rings. The highest BCUT2D eigenvalue weighted by molar-refractivity contribution is 5.68. The number of methoxy groups -OCH3 is 1. The van der Waals surface area contributed by atoms with E-state index in [2.05, 4.69) is 6.07 Å². The summed E-state index contributed by atoms with van der Waals surface area (Å²) in [5.41, 5.74) is 15.0. The Morgan fingerprint density at radius 2 is 2.05 bits per heavy atom. The van der Waals surface area contributed by atoms with Gasteiger partial charge in [0.25, 0.3) is 0 Å². The molecule has 1 saturated carbocycles. The third kappa shape index (κ3) is 3.78. The van der Waals surface area contributed by atoms with E-state index in [4.69, 9.17) is 21.3 Å². The molecule has 0 spiro atoms. The summed E-state index contributed by atoms with van der Waals surface area (Å²) in [6.45, 7) is 0. The maximum atomic E-state index is 10.9. The van der Waals surface area contributed by atoms with Gasteiger partial charge in [0.1, 0.15) is 0 Å². The first-order valence-corrected chi connectivity index (χ1v) is 7.93. The Morgan fingerprint density at radius 3 is 2.64 bits per heavy atom. The predicted octanol–water partition coefficient (Wildman–Crippen LogP) is 2.81. The lowest BCUT2D eigenvalue weighted by molar-refractivity contribution is -0.138. The second-order valence-electron chi connectivity index (χ2n) is 6.10. The van der Waals surface area contributed by atoms with Crippen molar-refractivity contribution in [3.8, 4) is 0 Å². The summed E-state index contributed by atoms with van der Waals surface area (Å²) in [5.74, 6) is -0.446. The molecule has 22 heavy (non-hydrogen) atoms. The van der Waals surface area contributed by atoms with E-state index in [1.54, 1.807) is 7.11 Å². The third-order valence-corrected chi connectivity index (χ3v) is 4.58. The van der Waals surface area contributed by atoms with Crippen molar-refractivity contribution >= 4 is 11.7 Å². The van der Waals surface area contributed by atoms with E-state index in [1.165, 1.54) is 19.3 Å². The molecule has 5 heteroatoms. The molecular formula is C17H26N2O3. The number of anilines is 1. The van der Waals surface area contributed by atoms with Crippen molar-refractivity contribution in [2.45, 2.75) is 56.6 Å². The molecule has 0 heterocycles. The van der Waals surface area contributed by atoms with E-state index in [0.717, 1.165) is 24.0 Å². The summed E-state index contributed by atoms with van der Waals surface area (Å²) < 4.78 is 5.45. The van der Waals surface area contributed by atoms with Gasteiger partial charge in [-0.3, -0.25) is 4.79 Å². The van der Waals surface area contributed by atoms with Crippen LogP contribution < -0.4 is 11.5 Å². The first-order valence-electron chi connectivity index (χ1n) is 7.93. The summed E-state index contributed by atoms with van der Waals surface area (Å²) in [5, 5.41) is 8.94. The highest BCUT2D eigenvalue weighted by Crippen LogP contribution is 2.38. The SMILES string of the molecule is COC(c1cccc(C2CCCCC2)c1N)C(N)CC(=O)O. The van der Waals surface area contributed by atoms with E-state index in [9.17, 15) is 4.79 Å². The molecule has 0 bridgehead atoms. The molecule has 2 atom stereocenters. The standard InChI is InChI=1S/C17H26N2O3/c1-22-17(14(18)10-15(20)21)13-9-5-8-12(16(13)19)11-6-3-2-4-7-11/h5,8-9,11,14,17H,2-4,6-7,10,18-19H2,1H3,(H,20,21). The molecule has 0 saturated heterocycles. The molecule has 1 aromatic carbocycles. The Kier molecular flexibility index (Phi) is 5.80. The Morgan fingerprint density at radius 1 is 1.36 bits per heavy atom. The van der Waals surface area contributed by atoms with Gasteiger partial charge in [-0.05, 0) is 24.3 Å². The van der Waals surface area contributed by atoms with Gasteiger partial charge in [0, 0.05) is 24.4 Å². The lowest BCUT2D eigenvalue weighted by atomic mass is 9.82. The number of carbonyl (C=O) groups is 1. The van der Waals surface area contributed by atoms with Crippen molar-refractivity contribution in [1.29, 1.82) is 0 Å². The molecule has 1 aliphatic carbocycles. The monoisotopic (exact) mass is 306 g/mol. The zero-order valence-electron chi connectivity index (χ0n) is 13.1.